The third-order valence-corrected chi connectivity index (χ3v) is 1.71. The van der Waals surface area contributed by atoms with Gasteiger partial charge in [-0.2, -0.15) is 0 Å². The van der Waals surface area contributed by atoms with Gasteiger partial charge in [0.2, 0.25) is 5.91 Å². The van der Waals surface area contributed by atoms with Gasteiger partial charge in [-0.1, -0.05) is 0 Å². The Bertz CT molecular complexity index is 166. The van der Waals surface area contributed by atoms with Crippen LogP contribution in [0.3, 0.4) is 0 Å². The Morgan fingerprint density at radius 3 is 2.73 bits per heavy atom. The Hall–Kier alpha value is -0.690. The second-order valence-electron chi connectivity index (χ2n) is 2.96. The summed E-state index contributed by atoms with van der Waals surface area (Å²) in [6, 6.07) is 0. The van der Waals surface area contributed by atoms with E-state index in [9.17, 15) is 4.79 Å². The van der Waals surface area contributed by atoms with Gasteiger partial charge in [0.25, 0.3) is 0 Å². The maximum absolute atomic E-state index is 11.2. The molecule has 0 spiro atoms. The summed E-state index contributed by atoms with van der Waals surface area (Å²) in [4.78, 5) is 11.2. The monoisotopic (exact) mass is 220 g/mol. The quantitative estimate of drug-likeness (QED) is 0.474. The normalized spacial score (nSPS) is 12.5. The predicted molar refractivity (Wildman–Crippen MR) is 55.6 cm³/mol. The second-order valence-corrected chi connectivity index (χ2v) is 2.96. The van der Waals surface area contributed by atoms with Crippen LogP contribution in [0.4, 0.5) is 0 Å². The van der Waals surface area contributed by atoms with Crippen LogP contribution < -0.4 is 11.1 Å². The molecule has 90 valence electrons. The number of carbonyl (C=O) groups excluding carboxylic acids is 1. The van der Waals surface area contributed by atoms with Gasteiger partial charge in [-0.15, -0.1) is 0 Å². The average Bonchev–Trinajstić information content (AvgIpc) is 2.24. The number of nitrogens with one attached hydrogen (secondary N) is 1. The highest BCUT2D eigenvalue weighted by atomic mass is 16.5. The molecule has 0 radical (unpaired) electrons. The van der Waals surface area contributed by atoms with E-state index in [1.165, 1.54) is 0 Å². The first kappa shape index (κ1) is 14.3. The molecule has 0 heterocycles. The van der Waals surface area contributed by atoms with E-state index in [4.69, 9.17) is 19.9 Å². The van der Waals surface area contributed by atoms with Crippen molar-refractivity contribution in [3.05, 3.63) is 0 Å². The molecule has 1 atom stereocenters. The van der Waals surface area contributed by atoms with Crippen LogP contribution in [0.25, 0.3) is 0 Å². The molecule has 0 aromatic carbocycles. The minimum absolute atomic E-state index is 0.0284. The lowest BCUT2D eigenvalue weighted by atomic mass is 10.3. The molecule has 0 bridgehead atoms. The van der Waals surface area contributed by atoms with Gasteiger partial charge in [-0.25, -0.2) is 0 Å². The van der Waals surface area contributed by atoms with Crippen LogP contribution in [-0.4, -0.2) is 59.1 Å². The average molecular weight is 220 g/mol. The zero-order valence-corrected chi connectivity index (χ0v) is 9.32. The molecule has 0 fully saturated rings. The molecule has 0 aromatic heterocycles. The standard InChI is InChI=1S/C9H20N2O4/c1-13-6-8(14-2)5-11-9(12)7-15-4-3-10/h8H,3-7,10H2,1-2H3,(H,11,12). The number of amides is 1. The van der Waals surface area contributed by atoms with E-state index in [1.54, 1.807) is 14.2 Å². The Kier molecular flexibility index (Phi) is 9.40. The Balaban J connectivity index is 3.50. The maximum atomic E-state index is 11.2. The van der Waals surface area contributed by atoms with Crippen LogP contribution in [0.1, 0.15) is 0 Å². The van der Waals surface area contributed by atoms with Crippen molar-refractivity contribution in [1.82, 2.24) is 5.32 Å². The van der Waals surface area contributed by atoms with E-state index in [-0.39, 0.29) is 18.6 Å². The van der Waals surface area contributed by atoms with Crippen molar-refractivity contribution < 1.29 is 19.0 Å². The van der Waals surface area contributed by atoms with Crippen molar-refractivity contribution in [3.8, 4) is 0 Å². The lowest BCUT2D eigenvalue weighted by molar-refractivity contribution is -0.126. The SMILES string of the molecule is COCC(CNC(=O)COCCN)OC. The van der Waals surface area contributed by atoms with Gasteiger partial charge >= 0.3 is 0 Å². The first-order valence-electron chi connectivity index (χ1n) is 4.80. The zero-order valence-electron chi connectivity index (χ0n) is 9.32. The minimum atomic E-state index is -0.179. The summed E-state index contributed by atoms with van der Waals surface area (Å²) >= 11 is 0. The van der Waals surface area contributed by atoms with Gasteiger partial charge in [-0.05, 0) is 0 Å². The van der Waals surface area contributed by atoms with Crippen molar-refractivity contribution in [1.29, 1.82) is 0 Å². The van der Waals surface area contributed by atoms with E-state index in [2.05, 4.69) is 5.32 Å². The minimum Gasteiger partial charge on any atom is -0.382 e. The van der Waals surface area contributed by atoms with Crippen LogP contribution in [0.5, 0.6) is 0 Å². The molecule has 0 aromatic rings. The van der Waals surface area contributed by atoms with Gasteiger partial charge in [0.15, 0.2) is 0 Å². The van der Waals surface area contributed by atoms with Crippen molar-refractivity contribution >= 4 is 5.91 Å². The predicted octanol–water partition coefficient (Wildman–Crippen LogP) is -1.26. The highest BCUT2D eigenvalue weighted by Gasteiger charge is 2.08. The van der Waals surface area contributed by atoms with Gasteiger partial charge in [0, 0.05) is 27.3 Å². The largest absolute Gasteiger partial charge is 0.382 e. The molecule has 0 aliphatic carbocycles. The summed E-state index contributed by atoms with van der Waals surface area (Å²) in [6.07, 6.45) is -0.131. The second kappa shape index (κ2) is 9.85. The summed E-state index contributed by atoms with van der Waals surface area (Å²) in [5.74, 6) is -0.179. The lowest BCUT2D eigenvalue weighted by Gasteiger charge is -2.14. The van der Waals surface area contributed by atoms with Crippen molar-refractivity contribution in [2.45, 2.75) is 6.10 Å². The van der Waals surface area contributed by atoms with E-state index in [0.717, 1.165) is 0 Å². The third kappa shape index (κ3) is 8.31. The molecule has 0 saturated carbocycles. The van der Waals surface area contributed by atoms with Crippen molar-refractivity contribution in [2.75, 3.05) is 47.1 Å². The molecule has 1 unspecified atom stereocenters. The van der Waals surface area contributed by atoms with E-state index in [0.29, 0.717) is 26.3 Å². The molecule has 6 heteroatoms. The van der Waals surface area contributed by atoms with Crippen LogP contribution >= 0.6 is 0 Å². The molecular weight excluding hydrogens is 200 g/mol. The highest BCUT2D eigenvalue weighted by molar-refractivity contribution is 5.77. The molecule has 15 heavy (non-hydrogen) atoms. The number of hydrogen-bond acceptors (Lipinski definition) is 5. The fraction of sp³-hybridized carbons (Fsp3) is 0.889. The zero-order chi connectivity index (χ0) is 11.5. The fourth-order valence-electron chi connectivity index (χ4n) is 0.923. The number of ether oxygens (including phenoxy) is 3. The molecule has 3 N–H and O–H groups in total. The first-order chi connectivity index (χ1) is 7.24. The van der Waals surface area contributed by atoms with Crippen LogP contribution in [-0.2, 0) is 19.0 Å². The third-order valence-electron chi connectivity index (χ3n) is 1.71. The molecule has 6 nitrogen and oxygen atoms in total. The smallest absolute Gasteiger partial charge is 0.246 e. The van der Waals surface area contributed by atoms with E-state index >= 15 is 0 Å². The molecule has 0 saturated heterocycles. The summed E-state index contributed by atoms with van der Waals surface area (Å²) in [5.41, 5.74) is 5.20. The Morgan fingerprint density at radius 1 is 1.47 bits per heavy atom. The number of rotatable bonds is 9. The molecule has 0 aliphatic rings. The van der Waals surface area contributed by atoms with Gasteiger partial charge in [-0.3, -0.25) is 4.79 Å². The van der Waals surface area contributed by atoms with E-state index in [1.807, 2.05) is 0 Å². The molecular formula is C9H20N2O4. The van der Waals surface area contributed by atoms with Crippen molar-refractivity contribution in [3.63, 3.8) is 0 Å². The summed E-state index contributed by atoms with van der Waals surface area (Å²) in [7, 11) is 3.15. The Labute approximate surface area is 90.1 Å². The highest BCUT2D eigenvalue weighted by Crippen LogP contribution is 1.88. The van der Waals surface area contributed by atoms with Gasteiger partial charge in [0.1, 0.15) is 6.61 Å². The van der Waals surface area contributed by atoms with Crippen molar-refractivity contribution in [2.24, 2.45) is 5.73 Å². The number of carbonyl (C=O) groups is 1. The number of nitrogens with two attached hydrogens (primary N) is 1. The topological polar surface area (TPSA) is 82.8 Å². The summed E-state index contributed by atoms with van der Waals surface area (Å²) < 4.78 is 14.9. The van der Waals surface area contributed by atoms with Gasteiger partial charge < -0.3 is 25.3 Å². The molecule has 0 aliphatic heterocycles. The molecule has 0 rings (SSSR count). The lowest BCUT2D eigenvalue weighted by Crippen LogP contribution is -2.37. The molecule has 1 amide bonds. The Morgan fingerprint density at radius 2 is 2.20 bits per heavy atom. The maximum Gasteiger partial charge on any atom is 0.246 e. The van der Waals surface area contributed by atoms with Crippen LogP contribution in [0, 0.1) is 0 Å². The van der Waals surface area contributed by atoms with Crippen LogP contribution in [0.2, 0.25) is 0 Å². The first-order valence-corrected chi connectivity index (χ1v) is 4.80. The summed E-state index contributed by atoms with van der Waals surface area (Å²) in [5, 5.41) is 2.67. The number of hydrogen-bond donors (Lipinski definition) is 2. The van der Waals surface area contributed by atoms with E-state index < -0.39 is 0 Å². The summed E-state index contributed by atoms with van der Waals surface area (Å²) in [6.45, 7) is 1.69. The van der Waals surface area contributed by atoms with Gasteiger partial charge in [0.05, 0.1) is 19.3 Å². The fourth-order valence-corrected chi connectivity index (χ4v) is 0.923. The van der Waals surface area contributed by atoms with Crippen LogP contribution in [0.15, 0.2) is 0 Å². The number of methoxy groups -OCH3 is 2.